The van der Waals surface area contributed by atoms with Gasteiger partial charge in [-0.25, -0.2) is 9.97 Å². The van der Waals surface area contributed by atoms with Gasteiger partial charge in [-0.2, -0.15) is 13.2 Å². The fraction of sp³-hybridized carbons (Fsp3) is 0.421. The molecule has 1 aromatic carbocycles. The lowest BCUT2D eigenvalue weighted by Gasteiger charge is -2.22. The number of aromatic nitrogens is 2. The molecular weight excluding hydrogens is 512 g/mol. The van der Waals surface area contributed by atoms with Crippen molar-refractivity contribution in [2.24, 2.45) is 4.99 Å². The summed E-state index contributed by atoms with van der Waals surface area (Å²) >= 11 is 0. The second-order valence-corrected chi connectivity index (χ2v) is 6.10. The van der Waals surface area contributed by atoms with Crippen LogP contribution in [0.4, 0.5) is 19.1 Å². The number of aliphatic imine (C=N–C) groups is 1. The summed E-state index contributed by atoms with van der Waals surface area (Å²) in [5, 5.41) is 5.92. The second kappa shape index (κ2) is 12.4. The van der Waals surface area contributed by atoms with Crippen LogP contribution in [0, 0.1) is 0 Å². The molecule has 11 heteroatoms. The standard InChI is InChI=1S/C19H25F3N6O.HI/c1-4-29-15-7-5-14(6-8-15)13-28(3)18(23-2)26-12-11-25-17-24-10-9-16(27-17)19(20,21)22;/h5-10H,4,11-13H2,1-3H3,(H,23,26)(H,24,25,27);1H. The molecule has 7 nitrogen and oxygen atoms in total. The van der Waals surface area contributed by atoms with E-state index in [1.807, 2.05) is 43.1 Å². The Morgan fingerprint density at radius 1 is 1.17 bits per heavy atom. The van der Waals surface area contributed by atoms with E-state index in [-0.39, 0.29) is 29.9 Å². The summed E-state index contributed by atoms with van der Waals surface area (Å²) in [6, 6.07) is 8.65. The first-order valence-corrected chi connectivity index (χ1v) is 9.11. The average molecular weight is 538 g/mol. The van der Waals surface area contributed by atoms with Crippen molar-refractivity contribution >= 4 is 35.9 Å². The van der Waals surface area contributed by atoms with E-state index in [0.29, 0.717) is 32.2 Å². The maximum absolute atomic E-state index is 12.7. The molecule has 0 aliphatic rings. The molecule has 0 bridgehead atoms. The van der Waals surface area contributed by atoms with E-state index >= 15 is 0 Å². The van der Waals surface area contributed by atoms with E-state index in [4.69, 9.17) is 4.74 Å². The molecule has 2 rings (SSSR count). The number of hydrogen-bond donors (Lipinski definition) is 2. The van der Waals surface area contributed by atoms with Gasteiger partial charge in [0.2, 0.25) is 5.95 Å². The Labute approximate surface area is 191 Å². The van der Waals surface area contributed by atoms with E-state index in [1.165, 1.54) is 0 Å². The molecule has 1 aromatic heterocycles. The topological polar surface area (TPSA) is 74.7 Å². The quantitative estimate of drug-likeness (QED) is 0.232. The average Bonchev–Trinajstić information content (AvgIpc) is 2.69. The van der Waals surface area contributed by atoms with Gasteiger partial charge in [0.1, 0.15) is 11.4 Å². The van der Waals surface area contributed by atoms with Crippen LogP contribution in [0.5, 0.6) is 5.75 Å². The number of rotatable bonds is 8. The van der Waals surface area contributed by atoms with Gasteiger partial charge in [0.15, 0.2) is 5.96 Å². The van der Waals surface area contributed by atoms with Crippen LogP contribution in [0.15, 0.2) is 41.5 Å². The molecule has 0 amide bonds. The third kappa shape index (κ3) is 8.20. The van der Waals surface area contributed by atoms with Crippen molar-refractivity contribution in [2.45, 2.75) is 19.6 Å². The highest BCUT2D eigenvalue weighted by atomic mass is 127. The second-order valence-electron chi connectivity index (χ2n) is 6.10. The van der Waals surface area contributed by atoms with E-state index in [0.717, 1.165) is 23.6 Å². The lowest BCUT2D eigenvalue weighted by molar-refractivity contribution is -0.141. The third-order valence-electron chi connectivity index (χ3n) is 3.86. The third-order valence-corrected chi connectivity index (χ3v) is 3.86. The molecule has 0 saturated heterocycles. The van der Waals surface area contributed by atoms with Crippen LogP contribution in [-0.4, -0.2) is 54.6 Å². The molecule has 166 valence electrons. The number of guanidine groups is 1. The normalized spacial score (nSPS) is 11.5. The highest BCUT2D eigenvalue weighted by Gasteiger charge is 2.32. The minimum Gasteiger partial charge on any atom is -0.494 e. The Bertz CT molecular complexity index is 802. The Hall–Kier alpha value is -2.31. The molecular formula is C19H26F3IN6O. The van der Waals surface area contributed by atoms with Crippen LogP contribution in [-0.2, 0) is 12.7 Å². The minimum atomic E-state index is -4.50. The summed E-state index contributed by atoms with van der Waals surface area (Å²) in [4.78, 5) is 13.4. The number of anilines is 1. The monoisotopic (exact) mass is 538 g/mol. The van der Waals surface area contributed by atoms with Crippen molar-refractivity contribution in [3.8, 4) is 5.75 Å². The number of benzene rings is 1. The SMILES string of the molecule is CCOc1ccc(CN(C)C(=NC)NCCNc2nccc(C(F)(F)F)n2)cc1.I. The molecule has 0 aliphatic carbocycles. The summed E-state index contributed by atoms with van der Waals surface area (Å²) in [5.41, 5.74) is 0.114. The summed E-state index contributed by atoms with van der Waals surface area (Å²) in [5.74, 6) is 1.41. The van der Waals surface area contributed by atoms with Crippen LogP contribution in [0.2, 0.25) is 0 Å². The molecule has 0 fully saturated rings. The van der Waals surface area contributed by atoms with Crippen LogP contribution in [0.25, 0.3) is 0 Å². The van der Waals surface area contributed by atoms with Crippen molar-refractivity contribution in [2.75, 3.05) is 39.1 Å². The number of nitrogens with one attached hydrogen (secondary N) is 2. The predicted octanol–water partition coefficient (Wildman–Crippen LogP) is 3.63. The molecule has 0 atom stereocenters. The largest absolute Gasteiger partial charge is 0.494 e. The molecule has 0 unspecified atom stereocenters. The maximum atomic E-state index is 12.7. The first-order chi connectivity index (χ1) is 13.8. The zero-order chi connectivity index (χ0) is 21.3. The van der Waals surface area contributed by atoms with Gasteiger partial charge in [0.05, 0.1) is 6.61 Å². The summed E-state index contributed by atoms with van der Waals surface area (Å²) in [6.45, 7) is 3.95. The smallest absolute Gasteiger partial charge is 0.433 e. The fourth-order valence-corrected chi connectivity index (χ4v) is 2.54. The van der Waals surface area contributed by atoms with Crippen LogP contribution in [0.3, 0.4) is 0 Å². The number of hydrogen-bond acceptors (Lipinski definition) is 5. The number of halogens is 4. The van der Waals surface area contributed by atoms with Crippen molar-refractivity contribution in [1.82, 2.24) is 20.2 Å². The molecule has 2 aromatic rings. The van der Waals surface area contributed by atoms with Gasteiger partial charge < -0.3 is 20.3 Å². The number of nitrogens with zero attached hydrogens (tertiary/aromatic N) is 4. The van der Waals surface area contributed by atoms with Crippen molar-refractivity contribution in [3.05, 3.63) is 47.8 Å². The van der Waals surface area contributed by atoms with Gasteiger partial charge in [-0.05, 0) is 30.7 Å². The Morgan fingerprint density at radius 3 is 2.47 bits per heavy atom. The Kier molecular flexibility index (Phi) is 10.6. The predicted molar refractivity (Wildman–Crippen MR) is 121 cm³/mol. The van der Waals surface area contributed by atoms with E-state index in [9.17, 15) is 13.2 Å². The zero-order valence-corrected chi connectivity index (χ0v) is 19.4. The van der Waals surface area contributed by atoms with Crippen LogP contribution in [0.1, 0.15) is 18.2 Å². The first-order valence-electron chi connectivity index (χ1n) is 9.11. The van der Waals surface area contributed by atoms with Gasteiger partial charge in [0, 0.05) is 39.9 Å². The van der Waals surface area contributed by atoms with Gasteiger partial charge in [-0.3, -0.25) is 4.99 Å². The minimum absolute atomic E-state index is 0. The van der Waals surface area contributed by atoms with Crippen molar-refractivity contribution in [3.63, 3.8) is 0 Å². The Morgan fingerprint density at radius 2 is 1.87 bits per heavy atom. The van der Waals surface area contributed by atoms with Gasteiger partial charge in [0.25, 0.3) is 0 Å². The lowest BCUT2D eigenvalue weighted by atomic mass is 10.2. The Balaban J connectivity index is 0.00000450. The van der Waals surface area contributed by atoms with Gasteiger partial charge in [-0.15, -0.1) is 24.0 Å². The zero-order valence-electron chi connectivity index (χ0n) is 17.0. The molecule has 0 aliphatic heterocycles. The molecule has 1 heterocycles. The van der Waals surface area contributed by atoms with E-state index in [1.54, 1.807) is 7.05 Å². The molecule has 0 radical (unpaired) electrons. The molecule has 30 heavy (non-hydrogen) atoms. The summed E-state index contributed by atoms with van der Waals surface area (Å²) in [6.07, 6.45) is -3.42. The first kappa shape index (κ1) is 25.7. The van der Waals surface area contributed by atoms with E-state index < -0.39 is 11.9 Å². The van der Waals surface area contributed by atoms with Gasteiger partial charge in [-0.1, -0.05) is 12.1 Å². The van der Waals surface area contributed by atoms with Gasteiger partial charge >= 0.3 is 6.18 Å². The molecule has 0 saturated carbocycles. The maximum Gasteiger partial charge on any atom is 0.433 e. The molecule has 0 spiro atoms. The van der Waals surface area contributed by atoms with Crippen LogP contribution < -0.4 is 15.4 Å². The summed E-state index contributed by atoms with van der Waals surface area (Å²) in [7, 11) is 3.56. The molecule has 2 N–H and O–H groups in total. The number of ether oxygens (including phenoxy) is 1. The van der Waals surface area contributed by atoms with E-state index in [2.05, 4.69) is 25.6 Å². The lowest BCUT2D eigenvalue weighted by Crippen LogP contribution is -2.40. The van der Waals surface area contributed by atoms with Crippen LogP contribution >= 0.6 is 24.0 Å². The van der Waals surface area contributed by atoms with Crippen molar-refractivity contribution in [1.29, 1.82) is 0 Å². The highest BCUT2D eigenvalue weighted by Crippen LogP contribution is 2.27. The fourth-order valence-electron chi connectivity index (χ4n) is 2.54. The summed E-state index contributed by atoms with van der Waals surface area (Å²) < 4.78 is 43.5. The van der Waals surface area contributed by atoms with Crippen molar-refractivity contribution < 1.29 is 17.9 Å². The number of alkyl halides is 3. The highest BCUT2D eigenvalue weighted by molar-refractivity contribution is 14.0.